The highest BCUT2D eigenvalue weighted by Gasteiger charge is 2.08. The summed E-state index contributed by atoms with van der Waals surface area (Å²) in [4.78, 5) is 0. The summed E-state index contributed by atoms with van der Waals surface area (Å²) >= 11 is 6.17. The van der Waals surface area contributed by atoms with E-state index in [2.05, 4.69) is 25.6 Å². The van der Waals surface area contributed by atoms with Gasteiger partial charge in [0.25, 0.3) is 0 Å². The van der Waals surface area contributed by atoms with Gasteiger partial charge >= 0.3 is 0 Å². The fourth-order valence-electron chi connectivity index (χ4n) is 1.87. The Hall–Kier alpha value is -0.790. The maximum absolute atomic E-state index is 6.17. The van der Waals surface area contributed by atoms with Gasteiger partial charge in [0.1, 0.15) is 0 Å². The van der Waals surface area contributed by atoms with Crippen LogP contribution < -0.4 is 0 Å². The van der Waals surface area contributed by atoms with E-state index in [0.29, 0.717) is 12.5 Å². The first-order valence-corrected chi connectivity index (χ1v) is 7.44. The predicted octanol–water partition coefficient (Wildman–Crippen LogP) is 5.19. The Morgan fingerprint density at radius 1 is 1.21 bits per heavy atom. The molecule has 1 aromatic rings. The Morgan fingerprint density at radius 2 is 1.89 bits per heavy atom. The molecule has 0 spiro atoms. The maximum Gasteiger partial charge on any atom is 0.0716 e. The molecule has 0 saturated carbocycles. The van der Waals surface area contributed by atoms with E-state index in [1.807, 2.05) is 25.1 Å². The van der Waals surface area contributed by atoms with Crippen molar-refractivity contribution < 1.29 is 4.74 Å². The lowest BCUT2D eigenvalue weighted by atomic mass is 9.99. The summed E-state index contributed by atoms with van der Waals surface area (Å²) < 4.78 is 5.69. The van der Waals surface area contributed by atoms with Crippen molar-refractivity contribution in [2.75, 3.05) is 6.61 Å². The van der Waals surface area contributed by atoms with Crippen LogP contribution in [0.2, 0.25) is 0 Å². The molecular formula is C17H25ClO. The van der Waals surface area contributed by atoms with Crippen LogP contribution in [0.15, 0.2) is 42.5 Å². The molecule has 0 radical (unpaired) electrons. The molecule has 0 aromatic heterocycles. The molecule has 2 atom stereocenters. The Kier molecular flexibility index (Phi) is 7.85. The number of hydrogen-bond donors (Lipinski definition) is 0. The zero-order chi connectivity index (χ0) is 14.1. The first-order valence-electron chi connectivity index (χ1n) is 7.00. The maximum atomic E-state index is 6.17. The molecule has 0 aliphatic heterocycles. The SMILES string of the molecule is C=C(C)C(Cl)CCC(C)CCOCc1ccccc1. The van der Waals surface area contributed by atoms with Gasteiger partial charge in [-0.05, 0) is 37.7 Å². The van der Waals surface area contributed by atoms with Crippen molar-refractivity contribution in [2.24, 2.45) is 5.92 Å². The summed E-state index contributed by atoms with van der Waals surface area (Å²) in [5.74, 6) is 0.649. The summed E-state index contributed by atoms with van der Waals surface area (Å²) in [6.45, 7) is 9.66. The van der Waals surface area contributed by atoms with Crippen LogP contribution in [0.5, 0.6) is 0 Å². The van der Waals surface area contributed by atoms with Gasteiger partial charge in [0.2, 0.25) is 0 Å². The molecule has 1 nitrogen and oxygen atoms in total. The zero-order valence-corrected chi connectivity index (χ0v) is 12.8. The minimum Gasteiger partial charge on any atom is -0.377 e. The molecule has 0 fully saturated rings. The zero-order valence-electron chi connectivity index (χ0n) is 12.1. The summed E-state index contributed by atoms with van der Waals surface area (Å²) in [7, 11) is 0. The number of halogens is 1. The second-order valence-corrected chi connectivity index (χ2v) is 5.85. The van der Waals surface area contributed by atoms with Crippen LogP contribution >= 0.6 is 11.6 Å². The molecule has 0 N–H and O–H groups in total. The second kappa shape index (κ2) is 9.17. The quantitative estimate of drug-likeness (QED) is 0.343. The molecule has 0 amide bonds. The van der Waals surface area contributed by atoms with Crippen molar-refractivity contribution in [3.63, 3.8) is 0 Å². The van der Waals surface area contributed by atoms with E-state index in [1.54, 1.807) is 0 Å². The second-order valence-electron chi connectivity index (χ2n) is 5.32. The molecule has 19 heavy (non-hydrogen) atoms. The lowest BCUT2D eigenvalue weighted by Gasteiger charge is -2.14. The Balaban J connectivity index is 2.07. The van der Waals surface area contributed by atoms with Crippen LogP contribution in [0, 0.1) is 5.92 Å². The van der Waals surface area contributed by atoms with Crippen LogP contribution in [0.4, 0.5) is 0 Å². The number of alkyl halides is 1. The molecule has 0 heterocycles. The third-order valence-electron chi connectivity index (χ3n) is 3.31. The van der Waals surface area contributed by atoms with Crippen molar-refractivity contribution >= 4 is 11.6 Å². The minimum atomic E-state index is 0.118. The van der Waals surface area contributed by atoms with Crippen molar-refractivity contribution in [2.45, 2.75) is 45.1 Å². The van der Waals surface area contributed by atoms with Crippen LogP contribution in [-0.2, 0) is 11.3 Å². The number of ether oxygens (including phenoxy) is 1. The van der Waals surface area contributed by atoms with Crippen molar-refractivity contribution in [1.29, 1.82) is 0 Å². The normalized spacial score (nSPS) is 14.1. The Labute approximate surface area is 122 Å². The lowest BCUT2D eigenvalue weighted by molar-refractivity contribution is 0.108. The average Bonchev–Trinajstić information content (AvgIpc) is 2.42. The molecule has 0 saturated heterocycles. The highest BCUT2D eigenvalue weighted by atomic mass is 35.5. The molecule has 0 aliphatic rings. The van der Waals surface area contributed by atoms with Crippen molar-refractivity contribution in [3.05, 3.63) is 48.0 Å². The van der Waals surface area contributed by atoms with Gasteiger partial charge in [0, 0.05) is 6.61 Å². The molecule has 0 aliphatic carbocycles. The average molecular weight is 281 g/mol. The van der Waals surface area contributed by atoms with E-state index in [1.165, 1.54) is 5.56 Å². The lowest BCUT2D eigenvalue weighted by Crippen LogP contribution is -2.06. The summed E-state index contributed by atoms with van der Waals surface area (Å²) in [6.07, 6.45) is 3.24. The van der Waals surface area contributed by atoms with E-state index in [-0.39, 0.29) is 5.38 Å². The molecule has 2 heteroatoms. The van der Waals surface area contributed by atoms with Crippen molar-refractivity contribution in [1.82, 2.24) is 0 Å². The summed E-state index contributed by atoms with van der Waals surface area (Å²) in [5.41, 5.74) is 2.30. The fourth-order valence-corrected chi connectivity index (χ4v) is 2.00. The van der Waals surface area contributed by atoms with E-state index < -0.39 is 0 Å². The monoisotopic (exact) mass is 280 g/mol. The van der Waals surface area contributed by atoms with Crippen molar-refractivity contribution in [3.8, 4) is 0 Å². The van der Waals surface area contributed by atoms with Gasteiger partial charge in [-0.25, -0.2) is 0 Å². The van der Waals surface area contributed by atoms with Crippen LogP contribution in [-0.4, -0.2) is 12.0 Å². The Morgan fingerprint density at radius 3 is 2.53 bits per heavy atom. The third-order valence-corrected chi connectivity index (χ3v) is 3.90. The molecule has 2 unspecified atom stereocenters. The third kappa shape index (κ3) is 7.39. The molecule has 0 bridgehead atoms. The molecule has 1 rings (SSSR count). The molecule has 1 aromatic carbocycles. The predicted molar refractivity (Wildman–Crippen MR) is 83.6 cm³/mol. The minimum absolute atomic E-state index is 0.118. The van der Waals surface area contributed by atoms with Gasteiger partial charge in [0.05, 0.1) is 12.0 Å². The van der Waals surface area contributed by atoms with Crippen LogP contribution in [0.1, 0.15) is 38.7 Å². The summed E-state index contributed by atoms with van der Waals surface area (Å²) in [5, 5.41) is 0.118. The number of benzene rings is 1. The van der Waals surface area contributed by atoms with Gasteiger partial charge in [-0.1, -0.05) is 49.4 Å². The number of rotatable bonds is 9. The first kappa shape index (κ1) is 16.3. The molecule has 106 valence electrons. The first-order chi connectivity index (χ1) is 9.09. The van der Waals surface area contributed by atoms with E-state index >= 15 is 0 Å². The fraction of sp³-hybridized carbons (Fsp3) is 0.529. The van der Waals surface area contributed by atoms with Gasteiger partial charge in [0.15, 0.2) is 0 Å². The van der Waals surface area contributed by atoms with Crippen LogP contribution in [0.25, 0.3) is 0 Å². The van der Waals surface area contributed by atoms with Gasteiger partial charge in [-0.3, -0.25) is 0 Å². The highest BCUT2D eigenvalue weighted by Crippen LogP contribution is 2.19. The van der Waals surface area contributed by atoms with Gasteiger partial charge < -0.3 is 4.74 Å². The largest absolute Gasteiger partial charge is 0.377 e. The van der Waals surface area contributed by atoms with Gasteiger partial charge in [-0.15, -0.1) is 11.6 Å². The smallest absolute Gasteiger partial charge is 0.0716 e. The summed E-state index contributed by atoms with van der Waals surface area (Å²) in [6, 6.07) is 10.3. The highest BCUT2D eigenvalue weighted by molar-refractivity contribution is 6.22. The molecular weight excluding hydrogens is 256 g/mol. The van der Waals surface area contributed by atoms with Gasteiger partial charge in [-0.2, -0.15) is 0 Å². The van der Waals surface area contributed by atoms with E-state index in [0.717, 1.165) is 31.4 Å². The van der Waals surface area contributed by atoms with Crippen LogP contribution in [0.3, 0.4) is 0 Å². The van der Waals surface area contributed by atoms with E-state index in [4.69, 9.17) is 16.3 Å². The topological polar surface area (TPSA) is 9.23 Å². The number of allylic oxidation sites excluding steroid dienone is 1. The Bertz CT molecular complexity index is 361. The number of hydrogen-bond acceptors (Lipinski definition) is 1. The van der Waals surface area contributed by atoms with E-state index in [9.17, 15) is 0 Å². The standard InChI is InChI=1S/C17H25ClO/c1-14(2)17(18)10-9-15(3)11-12-19-13-16-7-5-4-6-8-16/h4-8,15,17H,1,9-13H2,2-3H3.